The minimum atomic E-state index is -0.571. The number of nitro benzene ring substituents is 1. The first kappa shape index (κ1) is 56.3. The fourth-order valence-electron chi connectivity index (χ4n) is 9.41. The Morgan fingerprint density at radius 3 is 1.40 bits per heavy atom. The molecule has 1 aliphatic heterocycles. The number of hydrogen-bond acceptors (Lipinski definition) is 11. The molecule has 0 amide bonds. The molecular weight excluding hydrogens is 919 g/mol. The summed E-state index contributed by atoms with van der Waals surface area (Å²) in [7, 11) is 0. The Morgan fingerprint density at radius 2 is 0.959 bits per heavy atom. The van der Waals surface area contributed by atoms with Crippen LogP contribution in [0.25, 0.3) is 0 Å². The summed E-state index contributed by atoms with van der Waals surface area (Å²) in [5.41, 5.74) is 6.27. The minimum Gasteiger partial charge on any atom is -0.508 e. The summed E-state index contributed by atoms with van der Waals surface area (Å²) in [6, 6.07) is 32.0. The molecule has 6 rings (SSSR count). The van der Waals surface area contributed by atoms with Crippen LogP contribution >= 0.6 is 0 Å². The molecule has 0 aromatic heterocycles. The normalized spacial score (nSPS) is 13.9. The largest absolute Gasteiger partial charge is 0.508 e. The smallest absolute Gasteiger partial charge is 0.270 e. The second-order valence-electron chi connectivity index (χ2n) is 19.9. The fraction of sp³-hybridized carbons (Fsp3) is 0.508. The van der Waals surface area contributed by atoms with Crippen molar-refractivity contribution in [2.75, 3.05) is 42.8 Å². The van der Waals surface area contributed by atoms with Crippen LogP contribution in [0.5, 0.6) is 28.7 Å². The van der Waals surface area contributed by atoms with E-state index in [1.54, 1.807) is 36.4 Å². The molecule has 73 heavy (non-hydrogen) atoms. The molecule has 1 saturated heterocycles. The Bertz CT molecular complexity index is 2410. The van der Waals surface area contributed by atoms with Crippen molar-refractivity contribution in [1.29, 1.82) is 0 Å². The van der Waals surface area contributed by atoms with Gasteiger partial charge in [-0.05, 0) is 115 Å². The van der Waals surface area contributed by atoms with Crippen molar-refractivity contribution in [2.24, 2.45) is 17.8 Å². The molecule has 5 aromatic rings. The second-order valence-corrected chi connectivity index (χ2v) is 19.9. The highest BCUT2D eigenvalue weighted by atomic mass is 16.7. The lowest BCUT2D eigenvalue weighted by molar-refractivity contribution is -0.384. The van der Waals surface area contributed by atoms with Crippen LogP contribution in [0.4, 0.5) is 17.1 Å². The van der Waals surface area contributed by atoms with Crippen molar-refractivity contribution in [1.82, 2.24) is 0 Å². The van der Waals surface area contributed by atoms with Crippen LogP contribution in [-0.2, 0) is 35.7 Å². The summed E-state index contributed by atoms with van der Waals surface area (Å²) in [4.78, 5) is 16.5. The van der Waals surface area contributed by atoms with E-state index in [-0.39, 0.29) is 22.1 Å². The zero-order chi connectivity index (χ0) is 52.0. The summed E-state index contributed by atoms with van der Waals surface area (Å²) >= 11 is 0. The first-order valence-electron chi connectivity index (χ1n) is 27.3. The second kappa shape index (κ2) is 29.7. The molecule has 0 radical (unpaired) electrons. The number of aromatic hydroxyl groups is 2. The Morgan fingerprint density at radius 1 is 0.548 bits per heavy atom. The van der Waals surface area contributed by atoms with E-state index in [9.17, 15) is 20.3 Å². The van der Waals surface area contributed by atoms with Gasteiger partial charge in [-0.15, -0.1) is 0 Å². The third-order valence-corrected chi connectivity index (χ3v) is 14.3. The zero-order valence-corrected chi connectivity index (χ0v) is 44.6. The van der Waals surface area contributed by atoms with Crippen LogP contribution < -0.4 is 24.0 Å². The lowest BCUT2D eigenvalue weighted by Gasteiger charge is -2.30. The van der Waals surface area contributed by atoms with Gasteiger partial charge in [-0.1, -0.05) is 124 Å². The predicted molar refractivity (Wildman–Crippen MR) is 293 cm³/mol. The van der Waals surface area contributed by atoms with Crippen LogP contribution in [0.1, 0.15) is 153 Å². The van der Waals surface area contributed by atoms with E-state index in [4.69, 9.17) is 23.7 Å². The SMILES string of the molecule is CCCCC(CC)COc1ccc(N(Cc2ccc(O)cc2)Cc2cc([N+](=O)[O-])ccc2OCC(CC)CCCC)cc1CN(Cc1ccc(O)cc1)c1ccc(OCC(CC)CCCC)c(C2OCCO2)c1. The van der Waals surface area contributed by atoms with Crippen LogP contribution in [-0.4, -0.2) is 48.2 Å². The van der Waals surface area contributed by atoms with Crippen LogP contribution in [0.3, 0.4) is 0 Å². The van der Waals surface area contributed by atoms with Gasteiger partial charge in [0.2, 0.25) is 0 Å². The molecule has 1 heterocycles. The first-order valence-corrected chi connectivity index (χ1v) is 27.3. The summed E-state index contributed by atoms with van der Waals surface area (Å²) in [6.45, 7) is 17.6. The molecule has 1 fully saturated rings. The van der Waals surface area contributed by atoms with Gasteiger partial charge in [-0.2, -0.15) is 0 Å². The highest BCUT2D eigenvalue weighted by molar-refractivity contribution is 5.59. The van der Waals surface area contributed by atoms with E-state index in [0.29, 0.717) is 88.3 Å². The molecule has 1 aliphatic rings. The number of benzene rings is 5. The van der Waals surface area contributed by atoms with Gasteiger partial charge in [-0.3, -0.25) is 10.1 Å². The molecule has 0 saturated carbocycles. The van der Waals surface area contributed by atoms with Crippen molar-refractivity contribution in [2.45, 2.75) is 151 Å². The highest BCUT2D eigenvalue weighted by Crippen LogP contribution is 2.38. The van der Waals surface area contributed by atoms with E-state index < -0.39 is 6.29 Å². The van der Waals surface area contributed by atoms with Gasteiger partial charge in [0.05, 0.1) is 43.5 Å². The van der Waals surface area contributed by atoms with Crippen LogP contribution in [0.15, 0.2) is 103 Å². The van der Waals surface area contributed by atoms with Crippen molar-refractivity contribution in [3.8, 4) is 28.7 Å². The van der Waals surface area contributed by atoms with Gasteiger partial charge >= 0.3 is 0 Å². The maximum Gasteiger partial charge on any atom is 0.270 e. The lowest BCUT2D eigenvalue weighted by atomic mass is 10.0. The number of nitro groups is 1. The lowest BCUT2D eigenvalue weighted by Crippen LogP contribution is -2.25. The molecule has 5 aromatic carbocycles. The topological polar surface area (TPSA) is 136 Å². The van der Waals surface area contributed by atoms with E-state index in [2.05, 4.69) is 81.7 Å². The van der Waals surface area contributed by atoms with Gasteiger partial charge < -0.3 is 43.7 Å². The molecule has 396 valence electrons. The molecular formula is C61H83N3O9. The zero-order valence-electron chi connectivity index (χ0n) is 44.6. The summed E-state index contributed by atoms with van der Waals surface area (Å²) < 4.78 is 32.4. The summed E-state index contributed by atoms with van der Waals surface area (Å²) in [5, 5.41) is 32.9. The van der Waals surface area contributed by atoms with Gasteiger partial charge in [0.15, 0.2) is 6.29 Å². The molecule has 2 N–H and O–H groups in total. The van der Waals surface area contributed by atoms with E-state index in [0.717, 1.165) is 122 Å². The maximum atomic E-state index is 12.3. The Hall–Kier alpha value is -5.98. The number of rotatable bonds is 33. The number of phenols is 2. The van der Waals surface area contributed by atoms with Gasteiger partial charge in [0.25, 0.3) is 5.69 Å². The Labute approximate surface area is 435 Å². The fourth-order valence-corrected chi connectivity index (χ4v) is 9.41. The quantitative estimate of drug-likeness (QED) is 0.0307. The summed E-state index contributed by atoms with van der Waals surface area (Å²) in [5.74, 6) is 3.72. The first-order chi connectivity index (χ1) is 35.5. The number of non-ortho nitro benzene ring substituents is 1. The van der Waals surface area contributed by atoms with Gasteiger partial charge in [0, 0.05) is 60.8 Å². The minimum absolute atomic E-state index is 0.00122. The average molecular weight is 1000 g/mol. The monoisotopic (exact) mass is 1000 g/mol. The number of unbranched alkanes of at least 4 members (excludes halogenated alkanes) is 3. The number of nitrogens with zero attached hydrogens (tertiary/aromatic N) is 3. The van der Waals surface area contributed by atoms with Crippen LogP contribution in [0, 0.1) is 27.9 Å². The van der Waals surface area contributed by atoms with E-state index >= 15 is 0 Å². The van der Waals surface area contributed by atoms with E-state index in [1.165, 1.54) is 6.07 Å². The average Bonchev–Trinajstić information content (AvgIpc) is 3.95. The third kappa shape index (κ3) is 17.3. The number of ether oxygens (including phenoxy) is 5. The molecule has 0 aliphatic carbocycles. The van der Waals surface area contributed by atoms with Crippen LogP contribution in [0.2, 0.25) is 0 Å². The Balaban J connectivity index is 1.46. The molecule has 0 spiro atoms. The van der Waals surface area contributed by atoms with Crippen molar-refractivity contribution in [3.63, 3.8) is 0 Å². The molecule has 3 unspecified atom stereocenters. The highest BCUT2D eigenvalue weighted by Gasteiger charge is 2.26. The Kier molecular flexibility index (Phi) is 22.9. The number of phenolic OH excluding ortho intramolecular Hbond substituents is 2. The molecule has 12 nitrogen and oxygen atoms in total. The predicted octanol–water partition coefficient (Wildman–Crippen LogP) is 15.3. The molecule has 3 atom stereocenters. The van der Waals surface area contributed by atoms with E-state index in [1.807, 2.05) is 30.3 Å². The third-order valence-electron chi connectivity index (χ3n) is 14.3. The summed E-state index contributed by atoms with van der Waals surface area (Å²) in [6.07, 6.45) is 12.5. The molecule has 12 heteroatoms. The van der Waals surface area contributed by atoms with Crippen molar-refractivity contribution >= 4 is 17.1 Å². The van der Waals surface area contributed by atoms with Gasteiger partial charge in [0.1, 0.15) is 28.7 Å². The van der Waals surface area contributed by atoms with Crippen molar-refractivity contribution in [3.05, 3.63) is 141 Å². The maximum absolute atomic E-state index is 12.3. The van der Waals surface area contributed by atoms with Crippen molar-refractivity contribution < 1.29 is 38.8 Å². The number of anilines is 2. The van der Waals surface area contributed by atoms with Gasteiger partial charge in [-0.25, -0.2) is 0 Å². The number of hydrogen-bond donors (Lipinski definition) is 2. The standard InChI is InChI=1S/C61H83N3O9/c1-7-13-16-45(10-4)42-71-58-30-23-52(62(38-48-19-26-55(65)27-20-48)41-51-36-54(64(67)68)25-31-59(51)72-43-46(11-5)17-14-8-2)35-50(58)40-63(39-49-21-28-56(66)29-22-49)53-24-32-60(57(37-53)61-69-33-34-70-61)73-44-47(12-6)18-15-9-3/h19-32,35-37,45-47,61,65-66H,7-18,33-34,38-44H2,1-6H3. The molecule has 0 bridgehead atoms.